The Labute approximate surface area is 122 Å². The van der Waals surface area contributed by atoms with Crippen molar-refractivity contribution >= 4 is 23.5 Å². The number of halogens is 1. The van der Waals surface area contributed by atoms with Gasteiger partial charge in [0.1, 0.15) is 0 Å². The number of aliphatic carboxylic acids is 1. The highest BCUT2D eigenvalue weighted by molar-refractivity contribution is 6.33. The summed E-state index contributed by atoms with van der Waals surface area (Å²) in [4.78, 5) is 27.5. The largest absolute Gasteiger partial charge is 0.481 e. The summed E-state index contributed by atoms with van der Waals surface area (Å²) in [7, 11) is 0. The van der Waals surface area contributed by atoms with Crippen LogP contribution >= 0.6 is 11.6 Å². The van der Waals surface area contributed by atoms with Gasteiger partial charge in [-0.05, 0) is 25.8 Å². The highest BCUT2D eigenvalue weighted by Crippen LogP contribution is 2.34. The van der Waals surface area contributed by atoms with Crippen molar-refractivity contribution in [3.05, 3.63) is 29.0 Å². The van der Waals surface area contributed by atoms with Crippen LogP contribution in [0, 0.1) is 5.92 Å². The molecule has 6 heteroatoms. The Kier molecular flexibility index (Phi) is 4.28. The molecule has 1 aliphatic rings. The minimum absolute atomic E-state index is 0.260. The average molecular weight is 297 g/mol. The fourth-order valence-corrected chi connectivity index (χ4v) is 2.97. The molecule has 108 valence electrons. The van der Waals surface area contributed by atoms with E-state index in [0.29, 0.717) is 18.4 Å². The SMILES string of the molecule is CC1(NC(=O)c2ccncc2Cl)CCCCC1C(=O)O. The van der Waals surface area contributed by atoms with Gasteiger partial charge in [-0.3, -0.25) is 14.6 Å². The van der Waals surface area contributed by atoms with Crippen LogP contribution in [0.1, 0.15) is 43.0 Å². The number of carbonyl (C=O) groups excluding carboxylic acids is 1. The van der Waals surface area contributed by atoms with E-state index in [4.69, 9.17) is 11.6 Å². The van der Waals surface area contributed by atoms with E-state index in [0.717, 1.165) is 12.8 Å². The summed E-state index contributed by atoms with van der Waals surface area (Å²) in [6.45, 7) is 1.79. The Balaban J connectivity index is 2.20. The summed E-state index contributed by atoms with van der Waals surface area (Å²) in [6.07, 6.45) is 5.89. The van der Waals surface area contributed by atoms with Crippen molar-refractivity contribution in [3.63, 3.8) is 0 Å². The second-order valence-electron chi connectivity index (χ2n) is 5.36. The third-order valence-corrected chi connectivity index (χ3v) is 4.22. The zero-order chi connectivity index (χ0) is 14.8. The first-order valence-corrected chi connectivity index (χ1v) is 6.97. The molecule has 1 aliphatic carbocycles. The highest BCUT2D eigenvalue weighted by atomic mass is 35.5. The molecule has 5 nitrogen and oxygen atoms in total. The number of carboxylic acid groups (broad SMARTS) is 1. The Morgan fingerprint density at radius 3 is 2.90 bits per heavy atom. The lowest BCUT2D eigenvalue weighted by Crippen LogP contribution is -2.55. The molecule has 1 fully saturated rings. The summed E-state index contributed by atoms with van der Waals surface area (Å²) in [5, 5.41) is 12.4. The number of pyridine rings is 1. The fourth-order valence-electron chi connectivity index (χ4n) is 2.77. The van der Waals surface area contributed by atoms with E-state index in [-0.39, 0.29) is 10.9 Å². The van der Waals surface area contributed by atoms with Crippen molar-refractivity contribution in [3.8, 4) is 0 Å². The Bertz CT molecular complexity index is 535. The van der Waals surface area contributed by atoms with Gasteiger partial charge in [-0.2, -0.15) is 0 Å². The average Bonchev–Trinajstić information content (AvgIpc) is 2.38. The second-order valence-corrected chi connectivity index (χ2v) is 5.77. The van der Waals surface area contributed by atoms with Crippen molar-refractivity contribution in [2.45, 2.75) is 38.1 Å². The van der Waals surface area contributed by atoms with Gasteiger partial charge >= 0.3 is 5.97 Å². The summed E-state index contributed by atoms with van der Waals surface area (Å²) in [5.41, 5.74) is -0.425. The normalized spacial score (nSPS) is 26.0. The van der Waals surface area contributed by atoms with Crippen LogP contribution in [0.25, 0.3) is 0 Å². The Morgan fingerprint density at radius 1 is 1.50 bits per heavy atom. The molecule has 2 rings (SSSR count). The fraction of sp³-hybridized carbons (Fsp3) is 0.500. The van der Waals surface area contributed by atoms with Gasteiger partial charge in [0, 0.05) is 12.4 Å². The van der Waals surface area contributed by atoms with Crippen LogP contribution in [-0.4, -0.2) is 27.5 Å². The summed E-state index contributed by atoms with van der Waals surface area (Å²) in [6, 6.07) is 1.53. The zero-order valence-corrected chi connectivity index (χ0v) is 12.0. The Morgan fingerprint density at radius 2 is 2.25 bits per heavy atom. The third kappa shape index (κ3) is 2.93. The maximum absolute atomic E-state index is 12.3. The minimum atomic E-state index is -0.867. The van der Waals surface area contributed by atoms with Gasteiger partial charge < -0.3 is 10.4 Å². The number of rotatable bonds is 3. The lowest BCUT2D eigenvalue weighted by molar-refractivity contribution is -0.145. The number of hydrogen-bond acceptors (Lipinski definition) is 3. The molecular formula is C14H17ClN2O3. The molecule has 20 heavy (non-hydrogen) atoms. The molecule has 0 spiro atoms. The van der Waals surface area contributed by atoms with E-state index in [9.17, 15) is 14.7 Å². The first-order chi connectivity index (χ1) is 9.44. The van der Waals surface area contributed by atoms with Crippen LogP contribution in [0.15, 0.2) is 18.5 Å². The van der Waals surface area contributed by atoms with E-state index >= 15 is 0 Å². The van der Waals surface area contributed by atoms with Crippen LogP contribution in [0.4, 0.5) is 0 Å². The molecule has 1 amide bonds. The lowest BCUT2D eigenvalue weighted by atomic mass is 9.73. The summed E-state index contributed by atoms with van der Waals surface area (Å²) in [5.74, 6) is -1.79. The first-order valence-electron chi connectivity index (χ1n) is 6.59. The molecule has 1 heterocycles. The van der Waals surface area contributed by atoms with Gasteiger partial charge in [0.25, 0.3) is 5.91 Å². The van der Waals surface area contributed by atoms with Crippen LogP contribution < -0.4 is 5.32 Å². The van der Waals surface area contributed by atoms with Gasteiger partial charge in [-0.25, -0.2) is 0 Å². The van der Waals surface area contributed by atoms with Gasteiger partial charge in [-0.1, -0.05) is 24.4 Å². The third-order valence-electron chi connectivity index (χ3n) is 3.92. The number of nitrogens with one attached hydrogen (secondary N) is 1. The quantitative estimate of drug-likeness (QED) is 0.898. The number of nitrogens with zero attached hydrogens (tertiary/aromatic N) is 1. The van der Waals surface area contributed by atoms with Crippen molar-refractivity contribution in [2.75, 3.05) is 0 Å². The standard InChI is InChI=1S/C14H17ClN2O3/c1-14(6-3-2-4-10(14)13(19)20)17-12(18)9-5-7-16-8-11(9)15/h5,7-8,10H,2-4,6H2,1H3,(H,17,18)(H,19,20). The van der Waals surface area contributed by atoms with E-state index in [1.807, 2.05) is 0 Å². The van der Waals surface area contributed by atoms with Gasteiger partial charge in [0.2, 0.25) is 0 Å². The molecule has 2 N–H and O–H groups in total. The Hall–Kier alpha value is -1.62. The maximum Gasteiger partial charge on any atom is 0.308 e. The molecule has 1 aromatic heterocycles. The molecule has 1 saturated carbocycles. The van der Waals surface area contributed by atoms with Crippen molar-refractivity contribution in [2.24, 2.45) is 5.92 Å². The number of hydrogen-bond donors (Lipinski definition) is 2. The molecular weight excluding hydrogens is 280 g/mol. The summed E-state index contributed by atoms with van der Waals surface area (Å²) < 4.78 is 0. The molecule has 0 aliphatic heterocycles. The molecule has 0 saturated heterocycles. The molecule has 0 bridgehead atoms. The lowest BCUT2D eigenvalue weighted by Gasteiger charge is -2.39. The van der Waals surface area contributed by atoms with Gasteiger partial charge in [0.05, 0.1) is 22.0 Å². The van der Waals surface area contributed by atoms with E-state index in [1.165, 1.54) is 18.5 Å². The van der Waals surface area contributed by atoms with Crippen molar-refractivity contribution in [1.29, 1.82) is 0 Å². The van der Waals surface area contributed by atoms with Crippen LogP contribution in [0.5, 0.6) is 0 Å². The van der Waals surface area contributed by atoms with Crippen LogP contribution in [-0.2, 0) is 4.79 Å². The summed E-state index contributed by atoms with van der Waals surface area (Å²) >= 11 is 5.94. The smallest absolute Gasteiger partial charge is 0.308 e. The monoisotopic (exact) mass is 296 g/mol. The zero-order valence-electron chi connectivity index (χ0n) is 11.2. The predicted octanol–water partition coefficient (Wildman–Crippen LogP) is 2.50. The van der Waals surface area contributed by atoms with Crippen molar-refractivity contribution in [1.82, 2.24) is 10.3 Å². The van der Waals surface area contributed by atoms with E-state index < -0.39 is 17.4 Å². The van der Waals surface area contributed by atoms with Gasteiger partial charge in [-0.15, -0.1) is 0 Å². The highest BCUT2D eigenvalue weighted by Gasteiger charge is 2.42. The number of aromatic nitrogens is 1. The van der Waals surface area contributed by atoms with E-state index in [2.05, 4.69) is 10.3 Å². The molecule has 0 radical (unpaired) electrons. The molecule has 2 unspecified atom stereocenters. The molecule has 0 aromatic carbocycles. The molecule has 2 atom stereocenters. The second kappa shape index (κ2) is 5.79. The number of carboxylic acids is 1. The minimum Gasteiger partial charge on any atom is -0.481 e. The first kappa shape index (κ1) is 14.8. The topological polar surface area (TPSA) is 79.3 Å². The number of carbonyl (C=O) groups is 2. The van der Waals surface area contributed by atoms with Crippen molar-refractivity contribution < 1.29 is 14.7 Å². The van der Waals surface area contributed by atoms with Gasteiger partial charge in [0.15, 0.2) is 0 Å². The van der Waals surface area contributed by atoms with E-state index in [1.54, 1.807) is 6.92 Å². The predicted molar refractivity (Wildman–Crippen MR) is 74.7 cm³/mol. The maximum atomic E-state index is 12.3. The van der Waals surface area contributed by atoms with Crippen LogP contribution in [0.2, 0.25) is 5.02 Å². The number of amides is 1. The molecule has 1 aromatic rings. The van der Waals surface area contributed by atoms with Crippen LogP contribution in [0.3, 0.4) is 0 Å².